The normalized spacial score (nSPS) is 10.4. The van der Waals surface area contributed by atoms with Crippen LogP contribution in [0, 0.1) is 13.8 Å². The summed E-state index contributed by atoms with van der Waals surface area (Å²) >= 11 is 0. The van der Waals surface area contributed by atoms with Crippen molar-refractivity contribution in [1.82, 2.24) is 9.78 Å². The van der Waals surface area contributed by atoms with Crippen LogP contribution in [0.5, 0.6) is 0 Å². The van der Waals surface area contributed by atoms with Gasteiger partial charge in [-0.25, -0.2) is 0 Å². The van der Waals surface area contributed by atoms with Gasteiger partial charge in [-0.05, 0) is 30.5 Å². The maximum absolute atomic E-state index is 11.9. The Bertz CT molecular complexity index is 677. The molecule has 110 valence electrons. The lowest BCUT2D eigenvalue weighted by atomic mass is 10.0. The number of carbonyl (C=O) groups excluding carboxylic acids is 1. The zero-order valence-electron chi connectivity index (χ0n) is 12.0. The number of anilines is 1. The Morgan fingerprint density at radius 2 is 2.05 bits per heavy atom. The van der Waals surface area contributed by atoms with Crippen molar-refractivity contribution in [2.45, 2.75) is 26.8 Å². The van der Waals surface area contributed by atoms with Gasteiger partial charge >= 0.3 is 5.97 Å². The molecule has 0 radical (unpaired) electrons. The Kier molecular flexibility index (Phi) is 4.37. The molecule has 0 unspecified atom stereocenters. The maximum Gasteiger partial charge on any atom is 0.325 e. The molecule has 0 spiro atoms. The number of aryl methyl sites for hydroxylation is 2. The van der Waals surface area contributed by atoms with E-state index in [-0.39, 0.29) is 18.9 Å². The lowest BCUT2D eigenvalue weighted by Gasteiger charge is -2.05. The minimum absolute atomic E-state index is 0.159. The van der Waals surface area contributed by atoms with Gasteiger partial charge in [0.15, 0.2) is 0 Å². The molecule has 0 aliphatic heterocycles. The molecule has 6 nitrogen and oxygen atoms in total. The molecule has 0 saturated carbocycles. The summed E-state index contributed by atoms with van der Waals surface area (Å²) in [7, 11) is 0. The number of hydrogen-bond donors (Lipinski definition) is 2. The zero-order valence-corrected chi connectivity index (χ0v) is 12.0. The Hall–Kier alpha value is -2.63. The molecule has 2 rings (SSSR count). The predicted octanol–water partition coefficient (Wildman–Crippen LogP) is 1.77. The van der Waals surface area contributed by atoms with Crippen LogP contribution in [0.15, 0.2) is 30.6 Å². The standard InChI is InChI=1S/C15H17N3O3/c1-10-3-4-12(5-11(10)2)6-14(19)17-13-7-16-18(8-13)9-15(20)21/h3-5,7-8H,6,9H2,1-2H3,(H,17,19)(H,20,21). The van der Waals surface area contributed by atoms with Crippen LogP contribution in [0.25, 0.3) is 0 Å². The minimum atomic E-state index is -0.980. The summed E-state index contributed by atoms with van der Waals surface area (Å²) in [5.74, 6) is -1.14. The van der Waals surface area contributed by atoms with Crippen LogP contribution < -0.4 is 5.32 Å². The topological polar surface area (TPSA) is 84.2 Å². The number of carboxylic acids is 1. The number of carbonyl (C=O) groups is 2. The second kappa shape index (κ2) is 6.21. The SMILES string of the molecule is Cc1ccc(CC(=O)Nc2cnn(CC(=O)O)c2)cc1C. The van der Waals surface area contributed by atoms with E-state index < -0.39 is 5.97 Å². The van der Waals surface area contributed by atoms with Crippen LogP contribution in [0.3, 0.4) is 0 Å². The van der Waals surface area contributed by atoms with Gasteiger partial charge in [0.1, 0.15) is 6.54 Å². The molecule has 2 N–H and O–H groups in total. The second-order valence-electron chi connectivity index (χ2n) is 4.96. The van der Waals surface area contributed by atoms with E-state index >= 15 is 0 Å². The number of aliphatic carboxylic acids is 1. The fraction of sp³-hybridized carbons (Fsp3) is 0.267. The van der Waals surface area contributed by atoms with Crippen LogP contribution in [0.1, 0.15) is 16.7 Å². The van der Waals surface area contributed by atoms with Crippen molar-refractivity contribution in [2.24, 2.45) is 0 Å². The Morgan fingerprint density at radius 1 is 1.29 bits per heavy atom. The molecule has 2 aromatic rings. The first kappa shape index (κ1) is 14.8. The third kappa shape index (κ3) is 4.17. The minimum Gasteiger partial charge on any atom is -0.480 e. The molecule has 21 heavy (non-hydrogen) atoms. The highest BCUT2D eigenvalue weighted by Gasteiger charge is 2.08. The third-order valence-electron chi connectivity index (χ3n) is 3.15. The molecule has 1 aromatic carbocycles. The average Bonchev–Trinajstić information content (AvgIpc) is 2.80. The summed E-state index contributed by atoms with van der Waals surface area (Å²) in [4.78, 5) is 22.5. The molecule has 1 heterocycles. The lowest BCUT2D eigenvalue weighted by molar-refractivity contribution is -0.137. The Labute approximate surface area is 122 Å². The molecule has 0 aliphatic rings. The molecule has 0 aliphatic carbocycles. The number of benzene rings is 1. The van der Waals surface area contributed by atoms with Gasteiger partial charge in [-0.3, -0.25) is 14.3 Å². The summed E-state index contributed by atoms with van der Waals surface area (Å²) in [6, 6.07) is 5.90. The lowest BCUT2D eigenvalue weighted by Crippen LogP contribution is -2.14. The first-order valence-corrected chi connectivity index (χ1v) is 6.54. The van der Waals surface area contributed by atoms with E-state index in [4.69, 9.17) is 5.11 Å². The summed E-state index contributed by atoms with van der Waals surface area (Å²) in [5.41, 5.74) is 3.77. The van der Waals surface area contributed by atoms with Crippen molar-refractivity contribution < 1.29 is 14.7 Å². The van der Waals surface area contributed by atoms with Gasteiger partial charge < -0.3 is 10.4 Å². The Balaban J connectivity index is 1.96. The van der Waals surface area contributed by atoms with E-state index in [1.54, 1.807) is 0 Å². The van der Waals surface area contributed by atoms with Gasteiger partial charge in [-0.1, -0.05) is 18.2 Å². The molecule has 0 atom stereocenters. The van der Waals surface area contributed by atoms with E-state index in [9.17, 15) is 9.59 Å². The van der Waals surface area contributed by atoms with Gasteiger partial charge in [0.05, 0.1) is 18.3 Å². The monoisotopic (exact) mass is 287 g/mol. The molecule has 0 saturated heterocycles. The van der Waals surface area contributed by atoms with E-state index in [1.807, 2.05) is 32.0 Å². The molecule has 1 amide bonds. The molecule has 1 aromatic heterocycles. The van der Waals surface area contributed by atoms with Crippen LogP contribution in [0.4, 0.5) is 5.69 Å². The van der Waals surface area contributed by atoms with E-state index in [2.05, 4.69) is 10.4 Å². The summed E-state index contributed by atoms with van der Waals surface area (Å²) in [5, 5.41) is 15.2. The highest BCUT2D eigenvalue weighted by molar-refractivity contribution is 5.92. The van der Waals surface area contributed by atoms with Gasteiger partial charge in [0, 0.05) is 6.20 Å². The fourth-order valence-corrected chi connectivity index (χ4v) is 1.96. The van der Waals surface area contributed by atoms with Crippen molar-refractivity contribution in [2.75, 3.05) is 5.32 Å². The number of nitrogens with one attached hydrogen (secondary N) is 1. The van der Waals surface area contributed by atoms with E-state index in [1.165, 1.54) is 22.6 Å². The van der Waals surface area contributed by atoms with Crippen molar-refractivity contribution >= 4 is 17.6 Å². The van der Waals surface area contributed by atoms with Gasteiger partial charge in [0.2, 0.25) is 5.91 Å². The third-order valence-corrected chi connectivity index (χ3v) is 3.15. The molecular formula is C15H17N3O3. The first-order chi connectivity index (χ1) is 9.94. The van der Waals surface area contributed by atoms with Gasteiger partial charge in [0.25, 0.3) is 0 Å². The van der Waals surface area contributed by atoms with Crippen molar-refractivity contribution in [3.63, 3.8) is 0 Å². The van der Waals surface area contributed by atoms with Crippen LogP contribution in [0.2, 0.25) is 0 Å². The number of nitrogens with zero attached hydrogens (tertiary/aromatic N) is 2. The zero-order chi connectivity index (χ0) is 15.4. The van der Waals surface area contributed by atoms with Crippen molar-refractivity contribution in [3.05, 3.63) is 47.3 Å². The van der Waals surface area contributed by atoms with Crippen molar-refractivity contribution in [3.8, 4) is 0 Å². The molecule has 0 bridgehead atoms. The smallest absolute Gasteiger partial charge is 0.325 e. The van der Waals surface area contributed by atoms with Gasteiger partial charge in [-0.2, -0.15) is 5.10 Å². The van der Waals surface area contributed by atoms with Crippen LogP contribution >= 0.6 is 0 Å². The van der Waals surface area contributed by atoms with Crippen LogP contribution in [-0.4, -0.2) is 26.8 Å². The maximum atomic E-state index is 11.9. The Morgan fingerprint density at radius 3 is 2.71 bits per heavy atom. The number of carboxylic acid groups (broad SMARTS) is 1. The van der Waals surface area contributed by atoms with Crippen LogP contribution in [-0.2, 0) is 22.6 Å². The van der Waals surface area contributed by atoms with Gasteiger partial charge in [-0.15, -0.1) is 0 Å². The number of hydrogen-bond acceptors (Lipinski definition) is 3. The molecule has 0 fully saturated rings. The van der Waals surface area contributed by atoms with E-state index in [0.29, 0.717) is 5.69 Å². The highest BCUT2D eigenvalue weighted by atomic mass is 16.4. The highest BCUT2D eigenvalue weighted by Crippen LogP contribution is 2.11. The van der Waals surface area contributed by atoms with Crippen molar-refractivity contribution in [1.29, 1.82) is 0 Å². The number of amides is 1. The average molecular weight is 287 g/mol. The quantitative estimate of drug-likeness (QED) is 0.877. The fourth-order valence-electron chi connectivity index (χ4n) is 1.96. The number of aromatic nitrogens is 2. The second-order valence-corrected chi connectivity index (χ2v) is 4.96. The van der Waals surface area contributed by atoms with E-state index in [0.717, 1.165) is 11.1 Å². The molecular weight excluding hydrogens is 270 g/mol. The molecule has 6 heteroatoms. The predicted molar refractivity (Wildman–Crippen MR) is 78.1 cm³/mol. The number of rotatable bonds is 5. The summed E-state index contributed by atoms with van der Waals surface area (Å²) in [6.07, 6.45) is 3.19. The summed E-state index contributed by atoms with van der Waals surface area (Å²) in [6.45, 7) is 3.80. The first-order valence-electron chi connectivity index (χ1n) is 6.54. The summed E-state index contributed by atoms with van der Waals surface area (Å²) < 4.78 is 1.26. The largest absolute Gasteiger partial charge is 0.480 e.